The lowest BCUT2D eigenvalue weighted by Gasteiger charge is -2.14. The second-order valence-corrected chi connectivity index (χ2v) is 9.37. The molecule has 0 aliphatic rings. The fourth-order valence-electron chi connectivity index (χ4n) is 3.00. The number of nitriles is 1. The summed E-state index contributed by atoms with van der Waals surface area (Å²) in [6.45, 7) is 6.69. The van der Waals surface area contributed by atoms with Crippen LogP contribution in [0.3, 0.4) is 0 Å². The maximum atomic E-state index is 12.5. The van der Waals surface area contributed by atoms with Crippen LogP contribution in [0.5, 0.6) is 17.2 Å². The standard InChI is InChI=1S/C25H25BrN4O4S/c1-5-22-29-30-25(35-22)28-24(31)18(14-27)11-17-12-20(26)23(21(13-17)32-4)34-9-8-33-19-7-6-15(2)16(3)10-19/h6-7,10-13H,5,8-9H2,1-4H3,(H,28,30,31)/b18-11-. The van der Waals surface area contributed by atoms with Gasteiger partial charge in [-0.05, 0) is 83.2 Å². The summed E-state index contributed by atoms with van der Waals surface area (Å²) >= 11 is 4.76. The van der Waals surface area contributed by atoms with Crippen molar-refractivity contribution in [3.63, 3.8) is 0 Å². The second-order valence-electron chi connectivity index (χ2n) is 7.46. The number of amides is 1. The number of aromatic nitrogens is 2. The Labute approximate surface area is 216 Å². The van der Waals surface area contributed by atoms with Crippen molar-refractivity contribution in [1.29, 1.82) is 5.26 Å². The minimum absolute atomic E-state index is 0.0809. The first-order valence-corrected chi connectivity index (χ1v) is 12.4. The van der Waals surface area contributed by atoms with Crippen molar-refractivity contribution in [2.75, 3.05) is 25.6 Å². The van der Waals surface area contributed by atoms with Gasteiger partial charge in [-0.15, -0.1) is 10.2 Å². The minimum atomic E-state index is -0.565. The molecule has 0 bridgehead atoms. The number of hydrogen-bond acceptors (Lipinski definition) is 8. The monoisotopic (exact) mass is 556 g/mol. The molecule has 8 nitrogen and oxygen atoms in total. The summed E-state index contributed by atoms with van der Waals surface area (Å²) in [5, 5.41) is 21.1. The van der Waals surface area contributed by atoms with Crippen LogP contribution in [0.15, 0.2) is 40.4 Å². The molecule has 0 radical (unpaired) electrons. The number of halogens is 1. The fourth-order valence-corrected chi connectivity index (χ4v) is 4.25. The molecule has 3 rings (SSSR count). The maximum Gasteiger partial charge on any atom is 0.268 e. The van der Waals surface area contributed by atoms with E-state index in [2.05, 4.69) is 38.4 Å². The minimum Gasteiger partial charge on any atom is -0.493 e. The SMILES string of the molecule is CCc1nnc(NC(=O)/C(C#N)=C\c2cc(Br)c(OCCOc3ccc(C)c(C)c3)c(OC)c2)s1. The van der Waals surface area contributed by atoms with Gasteiger partial charge in [-0.25, -0.2) is 0 Å². The number of nitrogens with one attached hydrogen (secondary N) is 1. The number of ether oxygens (including phenoxy) is 3. The molecule has 182 valence electrons. The van der Waals surface area contributed by atoms with Gasteiger partial charge in [0, 0.05) is 0 Å². The summed E-state index contributed by atoms with van der Waals surface area (Å²) in [6.07, 6.45) is 2.19. The Bertz CT molecular complexity index is 1280. The average Bonchev–Trinajstić information content (AvgIpc) is 3.30. The van der Waals surface area contributed by atoms with Gasteiger partial charge in [0.2, 0.25) is 5.13 Å². The topological polar surface area (TPSA) is 106 Å². The molecule has 1 heterocycles. The lowest BCUT2D eigenvalue weighted by molar-refractivity contribution is -0.112. The van der Waals surface area contributed by atoms with Crippen molar-refractivity contribution in [2.45, 2.75) is 27.2 Å². The van der Waals surface area contributed by atoms with E-state index in [9.17, 15) is 10.1 Å². The van der Waals surface area contributed by atoms with Crippen LogP contribution in [-0.2, 0) is 11.2 Å². The van der Waals surface area contributed by atoms with Crippen molar-refractivity contribution >= 4 is 44.4 Å². The Kier molecular flexibility index (Phi) is 9.23. The maximum absolute atomic E-state index is 12.5. The average molecular weight is 557 g/mol. The highest BCUT2D eigenvalue weighted by molar-refractivity contribution is 9.10. The normalized spacial score (nSPS) is 11.0. The fraction of sp³-hybridized carbons (Fsp3) is 0.280. The number of methoxy groups -OCH3 is 1. The van der Waals surface area contributed by atoms with Crippen molar-refractivity contribution < 1.29 is 19.0 Å². The van der Waals surface area contributed by atoms with E-state index < -0.39 is 5.91 Å². The molecule has 0 atom stereocenters. The molecular weight excluding hydrogens is 532 g/mol. The van der Waals surface area contributed by atoms with Crippen LogP contribution in [0, 0.1) is 25.2 Å². The number of benzene rings is 2. The molecule has 0 saturated heterocycles. The van der Waals surface area contributed by atoms with Crippen molar-refractivity contribution in [3.05, 3.63) is 62.1 Å². The van der Waals surface area contributed by atoms with Gasteiger partial charge in [-0.2, -0.15) is 5.26 Å². The van der Waals surface area contributed by atoms with Gasteiger partial charge in [-0.3, -0.25) is 10.1 Å². The summed E-state index contributed by atoms with van der Waals surface area (Å²) in [7, 11) is 1.52. The Morgan fingerprint density at radius 2 is 1.94 bits per heavy atom. The van der Waals surface area contributed by atoms with E-state index in [1.807, 2.05) is 38.1 Å². The first-order chi connectivity index (χ1) is 16.8. The first-order valence-electron chi connectivity index (χ1n) is 10.8. The molecule has 0 unspecified atom stereocenters. The molecule has 10 heteroatoms. The molecular formula is C25H25BrN4O4S. The van der Waals surface area contributed by atoms with Crippen LogP contribution in [0.25, 0.3) is 6.08 Å². The smallest absolute Gasteiger partial charge is 0.268 e. The molecule has 1 aromatic heterocycles. The molecule has 0 aliphatic carbocycles. The number of carbonyl (C=O) groups is 1. The van der Waals surface area contributed by atoms with E-state index in [0.717, 1.165) is 16.3 Å². The molecule has 3 aromatic rings. The summed E-state index contributed by atoms with van der Waals surface area (Å²) in [5.74, 6) is 1.17. The van der Waals surface area contributed by atoms with E-state index in [1.165, 1.54) is 30.1 Å². The zero-order valence-corrected chi connectivity index (χ0v) is 22.2. The third-order valence-corrected chi connectivity index (χ3v) is 6.57. The quantitative estimate of drug-likeness (QED) is 0.200. The van der Waals surface area contributed by atoms with Gasteiger partial charge in [0.1, 0.15) is 35.6 Å². The number of aryl methyl sites for hydroxylation is 3. The lowest BCUT2D eigenvalue weighted by atomic mass is 10.1. The number of hydrogen-bond donors (Lipinski definition) is 1. The lowest BCUT2D eigenvalue weighted by Crippen LogP contribution is -2.13. The number of rotatable bonds is 10. The van der Waals surface area contributed by atoms with Gasteiger partial charge in [0.25, 0.3) is 5.91 Å². The highest BCUT2D eigenvalue weighted by Crippen LogP contribution is 2.37. The second kappa shape index (κ2) is 12.3. The summed E-state index contributed by atoms with van der Waals surface area (Å²) in [5.41, 5.74) is 2.88. The van der Waals surface area contributed by atoms with Crippen LogP contribution in [0.2, 0.25) is 0 Å². The predicted molar refractivity (Wildman–Crippen MR) is 139 cm³/mol. The van der Waals surface area contributed by atoms with E-state index in [-0.39, 0.29) is 5.57 Å². The Balaban J connectivity index is 1.68. The largest absolute Gasteiger partial charge is 0.493 e. The Morgan fingerprint density at radius 3 is 2.60 bits per heavy atom. The van der Waals surface area contributed by atoms with Crippen molar-refractivity contribution in [2.24, 2.45) is 0 Å². The molecule has 0 saturated carbocycles. The van der Waals surface area contributed by atoms with E-state index in [4.69, 9.17) is 14.2 Å². The molecule has 0 aliphatic heterocycles. The molecule has 0 spiro atoms. The Morgan fingerprint density at radius 1 is 1.17 bits per heavy atom. The molecule has 35 heavy (non-hydrogen) atoms. The Hall–Kier alpha value is -3.42. The van der Waals surface area contributed by atoms with Gasteiger partial charge in [0.15, 0.2) is 11.5 Å². The highest BCUT2D eigenvalue weighted by atomic mass is 79.9. The zero-order chi connectivity index (χ0) is 25.4. The molecule has 0 fully saturated rings. The van der Waals surface area contributed by atoms with E-state index >= 15 is 0 Å². The van der Waals surface area contributed by atoms with Gasteiger partial charge in [0.05, 0.1) is 11.6 Å². The van der Waals surface area contributed by atoms with Crippen LogP contribution in [-0.4, -0.2) is 36.4 Å². The van der Waals surface area contributed by atoms with Crippen LogP contribution in [0.4, 0.5) is 5.13 Å². The van der Waals surface area contributed by atoms with Crippen LogP contribution >= 0.6 is 27.3 Å². The highest BCUT2D eigenvalue weighted by Gasteiger charge is 2.15. The van der Waals surface area contributed by atoms with E-state index in [1.54, 1.807) is 12.1 Å². The summed E-state index contributed by atoms with van der Waals surface area (Å²) in [6, 6.07) is 11.3. The third kappa shape index (κ3) is 7.04. The molecule has 1 N–H and O–H groups in total. The third-order valence-electron chi connectivity index (χ3n) is 4.99. The summed E-state index contributed by atoms with van der Waals surface area (Å²) < 4.78 is 17.7. The number of carbonyl (C=O) groups excluding carboxylic acids is 1. The molecule has 1 amide bonds. The van der Waals surface area contributed by atoms with Crippen LogP contribution in [0.1, 0.15) is 28.6 Å². The van der Waals surface area contributed by atoms with Crippen molar-refractivity contribution in [1.82, 2.24) is 10.2 Å². The van der Waals surface area contributed by atoms with Crippen LogP contribution < -0.4 is 19.5 Å². The number of anilines is 1. The predicted octanol–water partition coefficient (Wildman–Crippen LogP) is 5.49. The first kappa shape index (κ1) is 26.2. The number of nitrogens with zero attached hydrogens (tertiary/aromatic N) is 3. The zero-order valence-electron chi connectivity index (χ0n) is 19.8. The molecule has 2 aromatic carbocycles. The van der Waals surface area contributed by atoms with Gasteiger partial charge >= 0.3 is 0 Å². The summed E-state index contributed by atoms with van der Waals surface area (Å²) in [4.78, 5) is 12.5. The van der Waals surface area contributed by atoms with Crippen molar-refractivity contribution in [3.8, 4) is 23.3 Å². The van der Waals surface area contributed by atoms with Gasteiger partial charge < -0.3 is 14.2 Å². The van der Waals surface area contributed by atoms with Gasteiger partial charge in [-0.1, -0.05) is 24.3 Å². The van der Waals surface area contributed by atoms with E-state index in [0.29, 0.717) is 46.3 Å².